The zero-order valence-electron chi connectivity index (χ0n) is 16.1. The smallest absolute Gasteiger partial charge is 0.164 e. The Morgan fingerprint density at radius 2 is 1.69 bits per heavy atom. The molecule has 5 rings (SSSR count). The molecule has 1 fully saturated rings. The first-order valence-corrected chi connectivity index (χ1v) is 9.86. The van der Waals surface area contributed by atoms with E-state index in [-0.39, 0.29) is 0 Å². The van der Waals surface area contributed by atoms with E-state index in [0.29, 0.717) is 5.82 Å². The van der Waals surface area contributed by atoms with Crippen LogP contribution in [-0.2, 0) is 6.54 Å². The second-order valence-electron chi connectivity index (χ2n) is 7.25. The fourth-order valence-corrected chi connectivity index (χ4v) is 3.82. The first-order chi connectivity index (χ1) is 14.3. The molecule has 1 aromatic carbocycles. The number of rotatable bonds is 4. The normalized spacial score (nSPS) is 15.0. The first-order valence-electron chi connectivity index (χ1n) is 9.86. The van der Waals surface area contributed by atoms with Crippen LogP contribution in [0.4, 0.5) is 5.82 Å². The zero-order chi connectivity index (χ0) is 19.6. The second kappa shape index (κ2) is 7.62. The minimum absolute atomic E-state index is 0.458. The summed E-state index contributed by atoms with van der Waals surface area (Å²) in [6.45, 7) is 5.25. The monoisotopic (exact) mass is 385 g/mol. The van der Waals surface area contributed by atoms with Gasteiger partial charge in [0.25, 0.3) is 0 Å². The van der Waals surface area contributed by atoms with E-state index < -0.39 is 0 Å². The van der Waals surface area contributed by atoms with Crippen molar-refractivity contribution in [2.45, 2.75) is 6.54 Å². The Hall–Kier alpha value is -3.29. The summed E-state index contributed by atoms with van der Waals surface area (Å²) in [7, 11) is 0. The van der Waals surface area contributed by atoms with Gasteiger partial charge in [-0.2, -0.15) is 0 Å². The molecule has 3 aromatic heterocycles. The van der Waals surface area contributed by atoms with Crippen molar-refractivity contribution in [3.05, 3.63) is 66.5 Å². The van der Waals surface area contributed by atoms with Crippen LogP contribution in [0.1, 0.15) is 5.56 Å². The Morgan fingerprint density at radius 3 is 2.48 bits per heavy atom. The Morgan fingerprint density at radius 1 is 0.931 bits per heavy atom. The molecule has 29 heavy (non-hydrogen) atoms. The molecule has 4 aromatic rings. The third-order valence-electron chi connectivity index (χ3n) is 5.31. The highest BCUT2D eigenvalue weighted by molar-refractivity contribution is 5.82. The lowest BCUT2D eigenvalue weighted by Gasteiger charge is -2.27. The molecule has 0 spiro atoms. The van der Waals surface area contributed by atoms with Crippen molar-refractivity contribution in [2.75, 3.05) is 31.9 Å². The van der Waals surface area contributed by atoms with Gasteiger partial charge in [-0.05, 0) is 42.0 Å². The summed E-state index contributed by atoms with van der Waals surface area (Å²) in [5.41, 5.74) is 10.9. The van der Waals surface area contributed by atoms with Gasteiger partial charge in [0.05, 0.1) is 5.56 Å². The number of aromatic nitrogens is 4. The Balaban J connectivity index is 1.55. The number of anilines is 1. The molecule has 146 valence electrons. The van der Waals surface area contributed by atoms with E-state index in [9.17, 15) is 0 Å². The molecule has 0 atom stereocenters. The summed E-state index contributed by atoms with van der Waals surface area (Å²) in [5, 5.41) is 3.40. The van der Waals surface area contributed by atoms with Crippen molar-refractivity contribution in [1.29, 1.82) is 0 Å². The quantitative estimate of drug-likeness (QED) is 0.561. The lowest BCUT2D eigenvalue weighted by molar-refractivity contribution is 0.233. The number of piperazine rings is 1. The maximum Gasteiger partial charge on any atom is 0.164 e. The van der Waals surface area contributed by atoms with Crippen LogP contribution in [0.2, 0.25) is 0 Å². The summed E-state index contributed by atoms with van der Waals surface area (Å²) >= 11 is 0. The number of pyridine rings is 2. The van der Waals surface area contributed by atoms with E-state index in [4.69, 9.17) is 10.7 Å². The van der Waals surface area contributed by atoms with Gasteiger partial charge in [-0.15, -0.1) is 0 Å². The van der Waals surface area contributed by atoms with Crippen LogP contribution >= 0.6 is 0 Å². The van der Waals surface area contributed by atoms with Crippen molar-refractivity contribution in [3.8, 4) is 17.1 Å². The number of nitrogen functional groups attached to an aromatic ring is 1. The second-order valence-corrected chi connectivity index (χ2v) is 7.25. The number of hydrogen-bond acceptors (Lipinski definition) is 6. The van der Waals surface area contributed by atoms with Crippen molar-refractivity contribution in [3.63, 3.8) is 0 Å². The van der Waals surface area contributed by atoms with Crippen LogP contribution in [-0.4, -0.2) is 50.6 Å². The van der Waals surface area contributed by atoms with E-state index in [1.807, 2.05) is 24.3 Å². The van der Waals surface area contributed by atoms with Crippen LogP contribution in [0.5, 0.6) is 0 Å². The topological polar surface area (TPSA) is 84.9 Å². The Labute approximate surface area is 169 Å². The van der Waals surface area contributed by atoms with Crippen LogP contribution in [0.15, 0.2) is 60.9 Å². The average molecular weight is 385 g/mol. The molecule has 4 heterocycles. The maximum absolute atomic E-state index is 6.15. The van der Waals surface area contributed by atoms with Gasteiger partial charge < -0.3 is 11.1 Å². The van der Waals surface area contributed by atoms with E-state index in [2.05, 4.69) is 49.0 Å². The molecule has 0 bridgehead atoms. The molecule has 3 N–H and O–H groups in total. The van der Waals surface area contributed by atoms with E-state index in [0.717, 1.165) is 61.0 Å². The van der Waals surface area contributed by atoms with Crippen LogP contribution in [0.25, 0.3) is 28.2 Å². The summed E-state index contributed by atoms with van der Waals surface area (Å²) in [6, 6.07) is 16.3. The van der Waals surface area contributed by atoms with Gasteiger partial charge >= 0.3 is 0 Å². The number of benzene rings is 1. The largest absolute Gasteiger partial charge is 0.383 e. The highest BCUT2D eigenvalue weighted by Crippen LogP contribution is 2.30. The average Bonchev–Trinajstić information content (AvgIpc) is 3.15. The molecule has 0 amide bonds. The van der Waals surface area contributed by atoms with Gasteiger partial charge in [0.1, 0.15) is 11.3 Å². The predicted octanol–water partition coefficient (Wildman–Crippen LogP) is 2.47. The third kappa shape index (κ3) is 3.46. The molecule has 1 aliphatic rings. The van der Waals surface area contributed by atoms with Gasteiger partial charge in [-0.3, -0.25) is 9.47 Å². The summed E-state index contributed by atoms with van der Waals surface area (Å²) < 4.78 is 2.05. The molecule has 7 nitrogen and oxygen atoms in total. The predicted molar refractivity (Wildman–Crippen MR) is 115 cm³/mol. The third-order valence-corrected chi connectivity index (χ3v) is 5.31. The van der Waals surface area contributed by atoms with Crippen molar-refractivity contribution in [1.82, 2.24) is 29.7 Å². The lowest BCUT2D eigenvalue weighted by Crippen LogP contribution is -2.42. The van der Waals surface area contributed by atoms with E-state index >= 15 is 0 Å². The number of fused-ring (bicyclic) bond motifs is 1. The minimum atomic E-state index is 0.458. The fourth-order valence-electron chi connectivity index (χ4n) is 3.82. The van der Waals surface area contributed by atoms with Crippen molar-refractivity contribution in [2.24, 2.45) is 0 Å². The molecule has 0 radical (unpaired) electrons. The van der Waals surface area contributed by atoms with Crippen LogP contribution < -0.4 is 11.1 Å². The van der Waals surface area contributed by atoms with Gasteiger partial charge in [-0.25, -0.2) is 15.0 Å². The molecular formula is C22H23N7. The fraction of sp³-hybridized carbons (Fsp3) is 0.227. The van der Waals surface area contributed by atoms with Crippen molar-refractivity contribution >= 4 is 17.0 Å². The molecule has 1 aliphatic heterocycles. The highest BCUT2D eigenvalue weighted by atomic mass is 15.2. The van der Waals surface area contributed by atoms with E-state index in [1.54, 1.807) is 12.4 Å². The molecule has 1 saturated heterocycles. The molecule has 7 heteroatoms. The zero-order valence-corrected chi connectivity index (χ0v) is 16.1. The van der Waals surface area contributed by atoms with Gasteiger partial charge in [0, 0.05) is 50.8 Å². The van der Waals surface area contributed by atoms with Crippen LogP contribution in [0.3, 0.4) is 0 Å². The summed E-state index contributed by atoms with van der Waals surface area (Å²) in [6.07, 6.45) is 3.48. The first kappa shape index (κ1) is 17.8. The van der Waals surface area contributed by atoms with Gasteiger partial charge in [-0.1, -0.05) is 12.1 Å². The van der Waals surface area contributed by atoms with E-state index in [1.165, 1.54) is 5.56 Å². The molecular weight excluding hydrogens is 362 g/mol. The standard InChI is InChI=1S/C22H23N7/c23-20-18(3-1-9-25-20)21-27-19-4-2-10-26-22(19)29(21)17-7-5-16(6-8-17)15-28-13-11-24-12-14-28/h1-10,24H,11-15H2,(H2,23,25). The lowest BCUT2D eigenvalue weighted by atomic mass is 10.1. The molecule has 0 unspecified atom stereocenters. The number of hydrogen-bond donors (Lipinski definition) is 2. The summed E-state index contributed by atoms with van der Waals surface area (Å²) in [5.74, 6) is 1.21. The molecule has 0 aliphatic carbocycles. The van der Waals surface area contributed by atoms with Gasteiger partial charge in [0.2, 0.25) is 0 Å². The van der Waals surface area contributed by atoms with Gasteiger partial charge in [0.15, 0.2) is 11.5 Å². The Bertz CT molecular complexity index is 1130. The number of nitrogens with one attached hydrogen (secondary N) is 1. The highest BCUT2D eigenvalue weighted by Gasteiger charge is 2.17. The number of imidazole rings is 1. The van der Waals surface area contributed by atoms with Crippen molar-refractivity contribution < 1.29 is 0 Å². The Kier molecular flexibility index (Phi) is 4.67. The van der Waals surface area contributed by atoms with Crippen LogP contribution in [0, 0.1) is 0 Å². The number of nitrogens with two attached hydrogens (primary N) is 1. The minimum Gasteiger partial charge on any atom is -0.383 e. The summed E-state index contributed by atoms with van der Waals surface area (Å²) in [4.78, 5) is 16.1. The SMILES string of the molecule is Nc1ncccc1-c1nc2cccnc2n1-c1ccc(CN2CCNCC2)cc1. The number of nitrogens with zero attached hydrogens (tertiary/aromatic N) is 5. The maximum atomic E-state index is 6.15. The molecule has 0 saturated carbocycles.